The van der Waals surface area contributed by atoms with Gasteiger partial charge < -0.3 is 9.15 Å². The van der Waals surface area contributed by atoms with Crippen molar-refractivity contribution in [3.63, 3.8) is 0 Å². The van der Waals surface area contributed by atoms with E-state index in [2.05, 4.69) is 28.4 Å². The summed E-state index contributed by atoms with van der Waals surface area (Å²) in [5.41, 5.74) is 4.29. The summed E-state index contributed by atoms with van der Waals surface area (Å²) in [5.74, 6) is 1.74. The Hall–Kier alpha value is -1.68. The molecule has 2 heterocycles. The molecule has 4 rings (SSSR count). The number of rotatable bonds is 3. The highest BCUT2D eigenvalue weighted by Gasteiger charge is 2.23. The molecule has 0 spiro atoms. The van der Waals surface area contributed by atoms with Crippen LogP contribution in [0, 0.1) is 0 Å². The van der Waals surface area contributed by atoms with Crippen molar-refractivity contribution in [1.82, 2.24) is 10.2 Å². The van der Waals surface area contributed by atoms with Crippen LogP contribution in [-0.4, -0.2) is 23.4 Å². The quantitative estimate of drug-likeness (QED) is 0.869. The molecule has 1 aliphatic carbocycles. The van der Waals surface area contributed by atoms with Crippen molar-refractivity contribution in [1.29, 1.82) is 0 Å². The van der Waals surface area contributed by atoms with Gasteiger partial charge in [0.15, 0.2) is 0 Å². The largest absolute Gasteiger partial charge is 0.425 e. The van der Waals surface area contributed by atoms with Crippen molar-refractivity contribution < 1.29 is 9.15 Å². The number of ether oxygens (including phenoxy) is 1. The van der Waals surface area contributed by atoms with Gasteiger partial charge >= 0.3 is 0 Å². The minimum atomic E-state index is 0.287. The molecular formula is C17H20N2O2. The van der Waals surface area contributed by atoms with Crippen molar-refractivity contribution in [3.05, 3.63) is 46.7 Å². The maximum atomic E-state index is 5.81. The number of aromatic nitrogens is 2. The van der Waals surface area contributed by atoms with E-state index in [0.29, 0.717) is 12.5 Å². The van der Waals surface area contributed by atoms with Crippen LogP contribution >= 0.6 is 0 Å². The highest BCUT2D eigenvalue weighted by Crippen LogP contribution is 2.26. The average Bonchev–Trinajstić information content (AvgIpc) is 3.18. The van der Waals surface area contributed by atoms with E-state index in [1.165, 1.54) is 42.4 Å². The third-order valence-corrected chi connectivity index (χ3v) is 4.53. The Labute approximate surface area is 124 Å². The summed E-state index contributed by atoms with van der Waals surface area (Å²) in [6, 6.07) is 6.79. The molecule has 0 N–H and O–H groups in total. The number of benzene rings is 1. The van der Waals surface area contributed by atoms with Crippen LogP contribution in [0.25, 0.3) is 0 Å². The summed E-state index contributed by atoms with van der Waals surface area (Å²) < 4.78 is 11.2. The molecule has 0 saturated carbocycles. The molecular weight excluding hydrogens is 264 g/mol. The van der Waals surface area contributed by atoms with Gasteiger partial charge in [0.25, 0.3) is 0 Å². The van der Waals surface area contributed by atoms with Crippen LogP contribution < -0.4 is 0 Å². The number of nitrogens with zero attached hydrogens (tertiary/aromatic N) is 2. The van der Waals surface area contributed by atoms with Gasteiger partial charge in [-0.2, -0.15) is 0 Å². The molecule has 1 saturated heterocycles. The lowest BCUT2D eigenvalue weighted by atomic mass is 9.90. The van der Waals surface area contributed by atoms with Crippen molar-refractivity contribution in [2.75, 3.05) is 13.2 Å². The van der Waals surface area contributed by atoms with Crippen molar-refractivity contribution in [3.8, 4) is 0 Å². The minimum Gasteiger partial charge on any atom is -0.425 e. The van der Waals surface area contributed by atoms with E-state index >= 15 is 0 Å². The predicted octanol–water partition coefficient (Wildman–Crippen LogP) is 3.04. The van der Waals surface area contributed by atoms with E-state index in [-0.39, 0.29) is 5.92 Å². The fraction of sp³-hybridized carbons (Fsp3) is 0.529. The standard InChI is InChI=1S/C17H20N2O2/c1-2-4-14-9-12(5-6-13(14)3-1)10-16-18-19-17(21-16)15-7-8-20-11-15/h5-6,9,15H,1-4,7-8,10-11H2/t15-/m1/s1. The summed E-state index contributed by atoms with van der Waals surface area (Å²) in [7, 11) is 0. The molecule has 110 valence electrons. The van der Waals surface area contributed by atoms with Gasteiger partial charge in [-0.15, -0.1) is 10.2 Å². The molecule has 1 fully saturated rings. The summed E-state index contributed by atoms with van der Waals surface area (Å²) in [4.78, 5) is 0. The number of fused-ring (bicyclic) bond motifs is 1. The second-order valence-electron chi connectivity index (χ2n) is 6.08. The molecule has 2 aliphatic rings. The summed E-state index contributed by atoms with van der Waals surface area (Å²) in [6.07, 6.45) is 6.78. The Kier molecular flexibility index (Phi) is 3.47. The molecule has 1 aromatic carbocycles. The molecule has 0 amide bonds. The monoisotopic (exact) mass is 284 g/mol. The number of aryl methyl sites for hydroxylation is 2. The van der Waals surface area contributed by atoms with E-state index in [9.17, 15) is 0 Å². The van der Waals surface area contributed by atoms with Gasteiger partial charge in [-0.3, -0.25) is 0 Å². The first-order valence-corrected chi connectivity index (χ1v) is 7.89. The second-order valence-corrected chi connectivity index (χ2v) is 6.08. The summed E-state index contributed by atoms with van der Waals surface area (Å²) in [5, 5.41) is 8.38. The first-order valence-electron chi connectivity index (χ1n) is 7.89. The Bertz CT molecular complexity index is 629. The average molecular weight is 284 g/mol. The smallest absolute Gasteiger partial charge is 0.222 e. The molecule has 4 nitrogen and oxygen atoms in total. The molecule has 0 radical (unpaired) electrons. The molecule has 0 bridgehead atoms. The fourth-order valence-corrected chi connectivity index (χ4v) is 3.30. The second kappa shape index (κ2) is 5.60. The van der Waals surface area contributed by atoms with E-state index < -0.39 is 0 Å². The molecule has 4 heteroatoms. The third-order valence-electron chi connectivity index (χ3n) is 4.53. The van der Waals surface area contributed by atoms with Gasteiger partial charge in [0.1, 0.15) is 0 Å². The van der Waals surface area contributed by atoms with E-state index in [1.807, 2.05) is 0 Å². The lowest BCUT2D eigenvalue weighted by Crippen LogP contribution is -2.03. The maximum Gasteiger partial charge on any atom is 0.222 e. The van der Waals surface area contributed by atoms with Gasteiger partial charge in [-0.05, 0) is 48.8 Å². The Morgan fingerprint density at radius 3 is 2.86 bits per heavy atom. The van der Waals surface area contributed by atoms with E-state index in [1.54, 1.807) is 0 Å². The van der Waals surface area contributed by atoms with Crippen molar-refractivity contribution >= 4 is 0 Å². The molecule has 2 aromatic rings. The zero-order valence-electron chi connectivity index (χ0n) is 12.2. The normalized spacial score (nSPS) is 21.4. The van der Waals surface area contributed by atoms with Crippen LogP contribution in [0.3, 0.4) is 0 Å². The van der Waals surface area contributed by atoms with Gasteiger partial charge in [-0.1, -0.05) is 18.2 Å². The molecule has 21 heavy (non-hydrogen) atoms. The highest BCUT2D eigenvalue weighted by atomic mass is 16.5. The van der Waals surface area contributed by atoms with E-state index in [0.717, 1.165) is 25.3 Å². The summed E-state index contributed by atoms with van der Waals surface area (Å²) >= 11 is 0. The van der Waals surface area contributed by atoms with Gasteiger partial charge in [0, 0.05) is 6.61 Å². The lowest BCUT2D eigenvalue weighted by molar-refractivity contribution is 0.190. The topological polar surface area (TPSA) is 48.2 Å². The number of hydrogen-bond donors (Lipinski definition) is 0. The first kappa shape index (κ1) is 13.0. The Morgan fingerprint density at radius 2 is 2.00 bits per heavy atom. The lowest BCUT2D eigenvalue weighted by Gasteiger charge is -2.16. The van der Waals surface area contributed by atoms with Crippen LogP contribution in [0.1, 0.15) is 53.7 Å². The fourth-order valence-electron chi connectivity index (χ4n) is 3.30. The SMILES string of the molecule is c1cc2c(cc1Cc1nnc([C@@H]3CCOC3)o1)CCCC2. The highest BCUT2D eigenvalue weighted by molar-refractivity contribution is 5.34. The Balaban J connectivity index is 1.50. The van der Waals surface area contributed by atoms with Crippen LogP contribution in [0.2, 0.25) is 0 Å². The van der Waals surface area contributed by atoms with Gasteiger partial charge in [0.2, 0.25) is 11.8 Å². The molecule has 1 aliphatic heterocycles. The third kappa shape index (κ3) is 2.72. The van der Waals surface area contributed by atoms with Gasteiger partial charge in [-0.25, -0.2) is 0 Å². The predicted molar refractivity (Wildman–Crippen MR) is 78.4 cm³/mol. The van der Waals surface area contributed by atoms with E-state index in [4.69, 9.17) is 9.15 Å². The van der Waals surface area contributed by atoms with Crippen LogP contribution in [0.5, 0.6) is 0 Å². The minimum absolute atomic E-state index is 0.287. The van der Waals surface area contributed by atoms with Crippen LogP contribution in [0.4, 0.5) is 0 Å². The Morgan fingerprint density at radius 1 is 1.10 bits per heavy atom. The zero-order chi connectivity index (χ0) is 14.1. The maximum absolute atomic E-state index is 5.81. The molecule has 1 atom stereocenters. The van der Waals surface area contributed by atoms with Gasteiger partial charge in [0.05, 0.1) is 18.9 Å². The van der Waals surface area contributed by atoms with Crippen LogP contribution in [0.15, 0.2) is 22.6 Å². The van der Waals surface area contributed by atoms with Crippen molar-refractivity contribution in [2.45, 2.75) is 44.4 Å². The zero-order valence-corrected chi connectivity index (χ0v) is 12.2. The first-order chi connectivity index (χ1) is 10.4. The van der Waals surface area contributed by atoms with Crippen molar-refractivity contribution in [2.24, 2.45) is 0 Å². The summed E-state index contributed by atoms with van der Waals surface area (Å²) in [6.45, 7) is 1.51. The number of hydrogen-bond acceptors (Lipinski definition) is 4. The van der Waals surface area contributed by atoms with Crippen LogP contribution in [-0.2, 0) is 24.0 Å². The molecule has 1 aromatic heterocycles. The molecule has 0 unspecified atom stereocenters.